The van der Waals surface area contributed by atoms with E-state index in [2.05, 4.69) is 62.7 Å². The summed E-state index contributed by atoms with van der Waals surface area (Å²) >= 11 is 0. The first-order chi connectivity index (χ1) is 9.46. The number of nitrogens with one attached hydrogen (secondary N) is 1. The SMILES string of the molecule is CCc1cc(CC(CNC(C)C)CC(C)C)n(CC)n1. The molecule has 3 heteroatoms. The van der Waals surface area contributed by atoms with Gasteiger partial charge in [-0.15, -0.1) is 0 Å². The molecule has 0 radical (unpaired) electrons. The molecule has 1 heterocycles. The highest BCUT2D eigenvalue weighted by molar-refractivity contribution is 5.11. The Balaban J connectivity index is 2.74. The summed E-state index contributed by atoms with van der Waals surface area (Å²) in [5, 5.41) is 8.27. The lowest BCUT2D eigenvalue weighted by atomic mass is 9.92. The number of nitrogens with zero attached hydrogens (tertiary/aromatic N) is 2. The minimum absolute atomic E-state index is 0.562. The Labute approximate surface area is 125 Å². The second-order valence-electron chi connectivity index (χ2n) is 6.56. The Hall–Kier alpha value is -0.830. The van der Waals surface area contributed by atoms with Crippen LogP contribution in [-0.2, 0) is 19.4 Å². The molecule has 0 fully saturated rings. The van der Waals surface area contributed by atoms with Gasteiger partial charge in [0.1, 0.15) is 0 Å². The third-order valence-electron chi connectivity index (χ3n) is 3.69. The number of rotatable bonds is 9. The van der Waals surface area contributed by atoms with Crippen LogP contribution in [0.15, 0.2) is 6.07 Å². The van der Waals surface area contributed by atoms with Crippen molar-refractivity contribution in [1.82, 2.24) is 15.1 Å². The summed E-state index contributed by atoms with van der Waals surface area (Å²) < 4.78 is 2.18. The maximum Gasteiger partial charge on any atom is 0.0624 e. The van der Waals surface area contributed by atoms with Gasteiger partial charge in [-0.3, -0.25) is 4.68 Å². The van der Waals surface area contributed by atoms with Crippen LogP contribution in [0.1, 0.15) is 59.4 Å². The molecular formula is C17H33N3. The van der Waals surface area contributed by atoms with Crippen molar-refractivity contribution in [2.75, 3.05) is 6.54 Å². The van der Waals surface area contributed by atoms with Crippen molar-refractivity contribution in [2.45, 2.75) is 73.4 Å². The molecule has 1 aromatic heterocycles. The van der Waals surface area contributed by atoms with E-state index in [1.54, 1.807) is 0 Å². The first kappa shape index (κ1) is 17.2. The van der Waals surface area contributed by atoms with E-state index in [0.717, 1.165) is 31.8 Å². The quantitative estimate of drug-likeness (QED) is 0.747. The van der Waals surface area contributed by atoms with Crippen LogP contribution in [0.4, 0.5) is 0 Å². The predicted octanol–water partition coefficient (Wildman–Crippen LogP) is 3.67. The van der Waals surface area contributed by atoms with Crippen LogP contribution < -0.4 is 5.32 Å². The fraction of sp³-hybridized carbons (Fsp3) is 0.824. The molecule has 0 saturated heterocycles. The molecule has 0 bridgehead atoms. The molecule has 0 aliphatic carbocycles. The van der Waals surface area contributed by atoms with E-state index in [1.165, 1.54) is 17.8 Å². The van der Waals surface area contributed by atoms with E-state index in [-0.39, 0.29) is 0 Å². The monoisotopic (exact) mass is 279 g/mol. The molecule has 1 N–H and O–H groups in total. The maximum absolute atomic E-state index is 4.67. The average molecular weight is 279 g/mol. The number of aromatic nitrogens is 2. The molecule has 1 rings (SSSR count). The summed E-state index contributed by atoms with van der Waals surface area (Å²) in [6, 6.07) is 2.86. The van der Waals surface area contributed by atoms with E-state index in [1.807, 2.05) is 0 Å². The van der Waals surface area contributed by atoms with E-state index in [4.69, 9.17) is 0 Å². The van der Waals surface area contributed by atoms with Gasteiger partial charge in [0.05, 0.1) is 5.69 Å². The van der Waals surface area contributed by atoms with E-state index in [0.29, 0.717) is 12.0 Å². The fourth-order valence-electron chi connectivity index (χ4n) is 2.73. The van der Waals surface area contributed by atoms with Gasteiger partial charge in [-0.05, 0) is 50.6 Å². The first-order valence-corrected chi connectivity index (χ1v) is 8.25. The van der Waals surface area contributed by atoms with Gasteiger partial charge in [0, 0.05) is 18.3 Å². The van der Waals surface area contributed by atoms with Gasteiger partial charge in [-0.25, -0.2) is 0 Å². The van der Waals surface area contributed by atoms with Gasteiger partial charge < -0.3 is 5.32 Å². The molecule has 3 nitrogen and oxygen atoms in total. The van der Waals surface area contributed by atoms with Crippen LogP contribution in [0.5, 0.6) is 0 Å². The molecule has 116 valence electrons. The lowest BCUT2D eigenvalue weighted by Crippen LogP contribution is -2.31. The second kappa shape index (κ2) is 8.46. The molecule has 0 spiro atoms. The third-order valence-corrected chi connectivity index (χ3v) is 3.69. The van der Waals surface area contributed by atoms with Gasteiger partial charge >= 0.3 is 0 Å². The molecule has 0 aliphatic heterocycles. The van der Waals surface area contributed by atoms with Crippen molar-refractivity contribution in [2.24, 2.45) is 11.8 Å². The van der Waals surface area contributed by atoms with Gasteiger partial charge in [0.15, 0.2) is 0 Å². The Morgan fingerprint density at radius 2 is 1.90 bits per heavy atom. The zero-order chi connectivity index (χ0) is 15.1. The standard InChI is InChI=1S/C17H33N3/c1-7-16-11-17(20(8-2)19-16)10-15(9-13(3)4)12-18-14(5)6/h11,13-15,18H,7-10,12H2,1-6H3. The molecule has 0 aliphatic rings. The van der Waals surface area contributed by atoms with Crippen molar-refractivity contribution < 1.29 is 0 Å². The predicted molar refractivity (Wildman–Crippen MR) is 87.1 cm³/mol. The van der Waals surface area contributed by atoms with Gasteiger partial charge in [-0.2, -0.15) is 5.10 Å². The fourth-order valence-corrected chi connectivity index (χ4v) is 2.73. The summed E-state index contributed by atoms with van der Waals surface area (Å²) in [6.07, 6.45) is 3.44. The average Bonchev–Trinajstić information content (AvgIpc) is 2.77. The molecule has 0 saturated carbocycles. The molecular weight excluding hydrogens is 246 g/mol. The lowest BCUT2D eigenvalue weighted by Gasteiger charge is -2.21. The molecule has 0 aromatic carbocycles. The molecule has 1 unspecified atom stereocenters. The third kappa shape index (κ3) is 5.66. The summed E-state index contributed by atoms with van der Waals surface area (Å²) in [7, 11) is 0. The van der Waals surface area contributed by atoms with Crippen molar-refractivity contribution in [1.29, 1.82) is 0 Å². The number of hydrogen-bond donors (Lipinski definition) is 1. The van der Waals surface area contributed by atoms with Crippen LogP contribution in [0, 0.1) is 11.8 Å². The van der Waals surface area contributed by atoms with Crippen LogP contribution >= 0.6 is 0 Å². The Morgan fingerprint density at radius 1 is 1.20 bits per heavy atom. The zero-order valence-corrected chi connectivity index (χ0v) is 14.2. The van der Waals surface area contributed by atoms with Crippen LogP contribution in [0.25, 0.3) is 0 Å². The van der Waals surface area contributed by atoms with Crippen LogP contribution in [0.3, 0.4) is 0 Å². The lowest BCUT2D eigenvalue weighted by molar-refractivity contribution is 0.365. The highest BCUT2D eigenvalue weighted by Gasteiger charge is 2.15. The van der Waals surface area contributed by atoms with Gasteiger partial charge in [0.25, 0.3) is 0 Å². The second-order valence-corrected chi connectivity index (χ2v) is 6.56. The summed E-state index contributed by atoms with van der Waals surface area (Å²) in [4.78, 5) is 0. The van der Waals surface area contributed by atoms with E-state index in [9.17, 15) is 0 Å². The summed E-state index contributed by atoms with van der Waals surface area (Å²) in [5.41, 5.74) is 2.63. The van der Waals surface area contributed by atoms with E-state index >= 15 is 0 Å². The normalized spacial score (nSPS) is 13.4. The Kier molecular flexibility index (Phi) is 7.28. The Morgan fingerprint density at radius 3 is 2.40 bits per heavy atom. The molecule has 20 heavy (non-hydrogen) atoms. The number of aryl methyl sites for hydroxylation is 2. The minimum Gasteiger partial charge on any atom is -0.314 e. The minimum atomic E-state index is 0.562. The van der Waals surface area contributed by atoms with Crippen molar-refractivity contribution in [3.63, 3.8) is 0 Å². The van der Waals surface area contributed by atoms with Crippen LogP contribution in [0.2, 0.25) is 0 Å². The van der Waals surface area contributed by atoms with E-state index < -0.39 is 0 Å². The molecule has 1 atom stereocenters. The highest BCUT2D eigenvalue weighted by Crippen LogP contribution is 2.18. The van der Waals surface area contributed by atoms with Crippen molar-refractivity contribution in [3.05, 3.63) is 17.5 Å². The van der Waals surface area contributed by atoms with Crippen LogP contribution in [-0.4, -0.2) is 22.4 Å². The summed E-state index contributed by atoms with van der Waals surface area (Å²) in [5.74, 6) is 1.45. The summed E-state index contributed by atoms with van der Waals surface area (Å²) in [6.45, 7) is 15.5. The topological polar surface area (TPSA) is 29.9 Å². The maximum atomic E-state index is 4.67. The molecule has 1 aromatic rings. The largest absolute Gasteiger partial charge is 0.314 e. The van der Waals surface area contributed by atoms with Crippen molar-refractivity contribution in [3.8, 4) is 0 Å². The first-order valence-electron chi connectivity index (χ1n) is 8.25. The highest BCUT2D eigenvalue weighted by atomic mass is 15.3. The number of hydrogen-bond acceptors (Lipinski definition) is 2. The Bertz CT molecular complexity index is 380. The zero-order valence-electron chi connectivity index (χ0n) is 14.2. The van der Waals surface area contributed by atoms with Crippen molar-refractivity contribution >= 4 is 0 Å². The van der Waals surface area contributed by atoms with Gasteiger partial charge in [0.2, 0.25) is 0 Å². The smallest absolute Gasteiger partial charge is 0.0624 e. The molecule has 0 amide bonds. The van der Waals surface area contributed by atoms with Gasteiger partial charge in [-0.1, -0.05) is 34.6 Å².